The number of nitrogens with two attached hydrogens (primary N) is 1. The molecule has 0 aliphatic rings. The largest absolute Gasteiger partial charge is 0.464 e. The Morgan fingerprint density at radius 1 is 1.64 bits per heavy atom. The minimum atomic E-state index is -0.523. The normalized spacial score (nSPS) is 12.5. The minimum absolute atomic E-state index is 0.159. The second-order valence-electron chi connectivity index (χ2n) is 2.47. The summed E-state index contributed by atoms with van der Waals surface area (Å²) < 4.78 is 4.54. The van der Waals surface area contributed by atoms with Gasteiger partial charge < -0.3 is 10.5 Å². The molecule has 0 aromatic rings. The van der Waals surface area contributed by atoms with E-state index >= 15 is 0 Å². The molecule has 0 spiro atoms. The molecule has 0 heterocycles. The van der Waals surface area contributed by atoms with Crippen LogP contribution in [0.3, 0.4) is 0 Å². The van der Waals surface area contributed by atoms with Gasteiger partial charge in [-0.15, -0.1) is 11.8 Å². The number of nitrogens with zero attached hydrogens (tertiary/aromatic N) is 1. The highest BCUT2D eigenvalue weighted by atomic mass is 32.2. The van der Waals surface area contributed by atoms with Crippen molar-refractivity contribution in [2.75, 3.05) is 13.4 Å². The van der Waals surface area contributed by atoms with Gasteiger partial charge in [0.05, 0.1) is 12.1 Å². The monoisotopic (exact) mass is 214 g/mol. The van der Waals surface area contributed by atoms with E-state index in [-0.39, 0.29) is 5.71 Å². The first-order valence-electron chi connectivity index (χ1n) is 3.85. The molecule has 0 aliphatic heterocycles. The Balaban J connectivity index is 4.91. The molecular weight excluding hydrogens is 200 g/mol. The predicted molar refractivity (Wildman–Crippen MR) is 60.1 cm³/mol. The fraction of sp³-hybridized carbons (Fsp3) is 0.333. The molecule has 0 aliphatic carbocycles. The zero-order chi connectivity index (χ0) is 11.1. The summed E-state index contributed by atoms with van der Waals surface area (Å²) in [4.78, 5) is 15.2. The number of hydrogen-bond donors (Lipinski definition) is 1. The molecule has 0 amide bonds. The van der Waals surface area contributed by atoms with Gasteiger partial charge in [-0.05, 0) is 19.3 Å². The SMILES string of the molecule is C=C(/N=C(\C=C(\C)N)C(=O)OC)SC. The molecule has 78 valence electrons. The molecule has 0 rings (SSSR count). The van der Waals surface area contributed by atoms with Crippen LogP contribution in [0.5, 0.6) is 0 Å². The van der Waals surface area contributed by atoms with Crippen molar-refractivity contribution in [1.29, 1.82) is 0 Å². The van der Waals surface area contributed by atoms with E-state index in [1.54, 1.807) is 6.92 Å². The molecule has 0 aromatic carbocycles. The lowest BCUT2D eigenvalue weighted by atomic mass is 10.3. The maximum atomic E-state index is 11.2. The number of rotatable bonds is 4. The number of hydrogen-bond acceptors (Lipinski definition) is 5. The first-order chi connectivity index (χ1) is 6.51. The molecule has 2 N–H and O–H groups in total. The molecule has 5 heteroatoms. The number of thioether (sulfide) groups is 1. The van der Waals surface area contributed by atoms with Gasteiger partial charge in [-0.25, -0.2) is 9.79 Å². The Morgan fingerprint density at radius 3 is 2.57 bits per heavy atom. The number of carbonyl (C=O) groups is 1. The van der Waals surface area contributed by atoms with Crippen LogP contribution < -0.4 is 5.73 Å². The minimum Gasteiger partial charge on any atom is -0.464 e. The van der Waals surface area contributed by atoms with Crippen LogP contribution in [0, 0.1) is 0 Å². The molecule has 0 unspecified atom stereocenters. The summed E-state index contributed by atoms with van der Waals surface area (Å²) in [6, 6.07) is 0. The quantitative estimate of drug-likeness (QED) is 0.566. The molecular formula is C9H14N2O2S. The van der Waals surface area contributed by atoms with Gasteiger partial charge in [0.2, 0.25) is 0 Å². The van der Waals surface area contributed by atoms with E-state index in [0.29, 0.717) is 10.7 Å². The second kappa shape index (κ2) is 6.26. The zero-order valence-corrected chi connectivity index (χ0v) is 9.35. The van der Waals surface area contributed by atoms with Crippen LogP contribution >= 0.6 is 11.8 Å². The molecule has 0 saturated carbocycles. The fourth-order valence-electron chi connectivity index (χ4n) is 0.637. The van der Waals surface area contributed by atoms with Crippen LogP contribution in [0.1, 0.15) is 6.92 Å². The molecule has 0 saturated heterocycles. The van der Waals surface area contributed by atoms with Gasteiger partial charge in [0.15, 0.2) is 5.71 Å². The van der Waals surface area contributed by atoms with Gasteiger partial charge in [0, 0.05) is 5.70 Å². The molecule has 0 radical (unpaired) electrons. The first-order valence-corrected chi connectivity index (χ1v) is 5.07. The predicted octanol–water partition coefficient (Wildman–Crippen LogP) is 1.30. The Kier molecular flexibility index (Phi) is 5.71. The van der Waals surface area contributed by atoms with E-state index in [2.05, 4.69) is 16.3 Å². The van der Waals surface area contributed by atoms with Crippen LogP contribution in [0.4, 0.5) is 0 Å². The molecule has 14 heavy (non-hydrogen) atoms. The third-order valence-electron chi connectivity index (χ3n) is 1.24. The van der Waals surface area contributed by atoms with Crippen molar-refractivity contribution in [3.05, 3.63) is 23.4 Å². The summed E-state index contributed by atoms with van der Waals surface area (Å²) in [6.07, 6.45) is 3.27. The fourth-order valence-corrected chi connectivity index (χ4v) is 0.827. The highest BCUT2D eigenvalue weighted by molar-refractivity contribution is 8.02. The summed E-state index contributed by atoms with van der Waals surface area (Å²) in [5, 5.41) is 0.530. The van der Waals surface area contributed by atoms with E-state index in [1.165, 1.54) is 24.9 Å². The number of ether oxygens (including phenoxy) is 1. The van der Waals surface area contributed by atoms with Gasteiger partial charge in [0.1, 0.15) is 0 Å². The van der Waals surface area contributed by atoms with Crippen molar-refractivity contribution in [2.24, 2.45) is 10.7 Å². The first kappa shape index (κ1) is 12.8. The Bertz CT molecular complexity index is 291. The van der Waals surface area contributed by atoms with Crippen molar-refractivity contribution >= 4 is 23.4 Å². The lowest BCUT2D eigenvalue weighted by Gasteiger charge is -2.00. The van der Waals surface area contributed by atoms with Gasteiger partial charge in [-0.2, -0.15) is 0 Å². The Hall–Kier alpha value is -1.23. The van der Waals surface area contributed by atoms with Crippen molar-refractivity contribution in [1.82, 2.24) is 0 Å². The maximum absolute atomic E-state index is 11.2. The number of methoxy groups -OCH3 is 1. The van der Waals surface area contributed by atoms with Crippen LogP contribution in [0.25, 0.3) is 0 Å². The summed E-state index contributed by atoms with van der Waals surface area (Å²) in [7, 11) is 1.29. The zero-order valence-electron chi connectivity index (χ0n) is 8.53. The van der Waals surface area contributed by atoms with Gasteiger partial charge in [-0.1, -0.05) is 6.58 Å². The Labute approximate surface area is 87.9 Å². The maximum Gasteiger partial charge on any atom is 0.356 e. The van der Waals surface area contributed by atoms with Gasteiger partial charge in [-0.3, -0.25) is 0 Å². The van der Waals surface area contributed by atoms with Crippen molar-refractivity contribution in [2.45, 2.75) is 6.92 Å². The summed E-state index contributed by atoms with van der Waals surface area (Å²) in [6.45, 7) is 5.30. The lowest BCUT2D eigenvalue weighted by molar-refractivity contribution is -0.132. The van der Waals surface area contributed by atoms with Crippen molar-refractivity contribution in [3.8, 4) is 0 Å². The van der Waals surface area contributed by atoms with E-state index in [9.17, 15) is 4.79 Å². The number of esters is 1. The van der Waals surface area contributed by atoms with E-state index in [4.69, 9.17) is 5.73 Å². The Morgan fingerprint density at radius 2 is 2.21 bits per heavy atom. The molecule has 0 aromatic heterocycles. The lowest BCUT2D eigenvalue weighted by Crippen LogP contribution is -2.15. The smallest absolute Gasteiger partial charge is 0.356 e. The number of allylic oxidation sites excluding steroid dienone is 1. The molecule has 0 atom stereocenters. The summed E-state index contributed by atoms with van der Waals surface area (Å²) in [5.41, 5.74) is 6.09. The van der Waals surface area contributed by atoms with E-state index < -0.39 is 5.97 Å². The highest BCUT2D eigenvalue weighted by Gasteiger charge is 2.08. The number of carbonyl (C=O) groups excluding carboxylic acids is 1. The summed E-state index contributed by atoms with van der Waals surface area (Å²) >= 11 is 1.35. The van der Waals surface area contributed by atoms with E-state index in [1.807, 2.05) is 6.26 Å². The third kappa shape index (κ3) is 4.71. The highest BCUT2D eigenvalue weighted by Crippen LogP contribution is 2.10. The van der Waals surface area contributed by atoms with Crippen LogP contribution in [-0.2, 0) is 9.53 Å². The van der Waals surface area contributed by atoms with Gasteiger partial charge in [0.25, 0.3) is 0 Å². The van der Waals surface area contributed by atoms with Crippen LogP contribution in [0.2, 0.25) is 0 Å². The van der Waals surface area contributed by atoms with Crippen LogP contribution in [-0.4, -0.2) is 25.0 Å². The van der Waals surface area contributed by atoms with Crippen LogP contribution in [0.15, 0.2) is 28.4 Å². The standard InChI is InChI=1S/C9H14N2O2S/c1-6(10)5-8(9(12)13-3)11-7(2)14-4/h5H,2,10H2,1,3-4H3/b6-5-,11-8+. The third-order valence-corrected chi connectivity index (χ3v) is 1.80. The molecule has 0 fully saturated rings. The molecule has 0 bridgehead atoms. The topological polar surface area (TPSA) is 64.7 Å². The average molecular weight is 214 g/mol. The summed E-state index contributed by atoms with van der Waals surface area (Å²) in [5.74, 6) is -0.523. The van der Waals surface area contributed by atoms with Crippen molar-refractivity contribution < 1.29 is 9.53 Å². The van der Waals surface area contributed by atoms with Crippen molar-refractivity contribution in [3.63, 3.8) is 0 Å². The second-order valence-corrected chi connectivity index (χ2v) is 3.35. The number of aliphatic imine (C=N–C) groups is 1. The van der Waals surface area contributed by atoms with E-state index in [0.717, 1.165) is 0 Å². The van der Waals surface area contributed by atoms with Gasteiger partial charge >= 0.3 is 5.97 Å². The molecule has 4 nitrogen and oxygen atoms in total. The average Bonchev–Trinajstić information content (AvgIpc) is 2.14.